The van der Waals surface area contributed by atoms with Gasteiger partial charge in [-0.3, -0.25) is 0 Å². The second kappa shape index (κ2) is 5.44. The fourth-order valence-electron chi connectivity index (χ4n) is 1.36. The number of aryl methyl sites for hydroxylation is 1. The first-order chi connectivity index (χ1) is 7.76. The molecule has 0 aromatic carbocycles. The van der Waals surface area contributed by atoms with E-state index in [4.69, 9.17) is 0 Å². The fraction of sp³-hybridized carbons (Fsp3) is 0.636. The van der Waals surface area contributed by atoms with Gasteiger partial charge in [0, 0.05) is 18.3 Å². The Morgan fingerprint density at radius 2 is 1.94 bits per heavy atom. The zero-order chi connectivity index (χ0) is 13.1. The molecule has 17 heavy (non-hydrogen) atoms. The lowest BCUT2D eigenvalue weighted by Crippen LogP contribution is -2.23. The van der Waals surface area contributed by atoms with Crippen molar-refractivity contribution in [2.75, 3.05) is 0 Å². The van der Waals surface area contributed by atoms with Crippen LogP contribution in [0.5, 0.6) is 0 Å². The van der Waals surface area contributed by atoms with Crippen molar-refractivity contribution in [2.24, 2.45) is 0 Å². The quantitative estimate of drug-likeness (QED) is 0.887. The second-order valence-electron chi connectivity index (χ2n) is 4.24. The first kappa shape index (κ1) is 13.9. The Kier molecular flexibility index (Phi) is 4.45. The van der Waals surface area contributed by atoms with Gasteiger partial charge in [0.15, 0.2) is 0 Å². The summed E-state index contributed by atoms with van der Waals surface area (Å²) >= 11 is 0. The summed E-state index contributed by atoms with van der Waals surface area (Å²) in [6.45, 7) is 6.04. The molecular formula is C11H16F3N3. The van der Waals surface area contributed by atoms with Gasteiger partial charge in [-0.15, -0.1) is 0 Å². The molecule has 0 amide bonds. The summed E-state index contributed by atoms with van der Waals surface area (Å²) < 4.78 is 36.7. The predicted octanol–water partition coefficient (Wildman–Crippen LogP) is 2.39. The molecule has 1 N–H and O–H groups in total. The summed E-state index contributed by atoms with van der Waals surface area (Å²) in [5.41, 5.74) is 1.14. The average Bonchev–Trinajstić information content (AvgIpc) is 2.10. The molecule has 0 aliphatic carbocycles. The predicted molar refractivity (Wildman–Crippen MR) is 58.5 cm³/mol. The van der Waals surface area contributed by atoms with E-state index in [2.05, 4.69) is 15.3 Å². The van der Waals surface area contributed by atoms with E-state index in [-0.39, 0.29) is 11.9 Å². The Balaban J connectivity index is 2.79. The van der Waals surface area contributed by atoms with E-state index in [1.165, 1.54) is 0 Å². The van der Waals surface area contributed by atoms with Crippen molar-refractivity contribution in [1.82, 2.24) is 15.3 Å². The van der Waals surface area contributed by atoms with Gasteiger partial charge in [0.1, 0.15) is 12.2 Å². The molecule has 1 aromatic heterocycles. The Morgan fingerprint density at radius 1 is 1.29 bits per heavy atom. The third-order valence-corrected chi connectivity index (χ3v) is 2.00. The van der Waals surface area contributed by atoms with Crippen LogP contribution in [-0.4, -0.2) is 22.2 Å². The van der Waals surface area contributed by atoms with Gasteiger partial charge in [0.25, 0.3) is 0 Å². The van der Waals surface area contributed by atoms with Crippen molar-refractivity contribution < 1.29 is 13.2 Å². The van der Waals surface area contributed by atoms with Crippen LogP contribution in [-0.2, 0) is 13.0 Å². The van der Waals surface area contributed by atoms with E-state index in [1.54, 1.807) is 13.0 Å². The van der Waals surface area contributed by atoms with Crippen molar-refractivity contribution in [2.45, 2.75) is 46.0 Å². The molecule has 0 radical (unpaired) electrons. The SMILES string of the molecule is Cc1cc(CNC(C)C)nc(CC(F)(F)F)n1. The summed E-state index contributed by atoms with van der Waals surface area (Å²) in [6, 6.07) is 1.95. The maximum atomic E-state index is 12.2. The highest BCUT2D eigenvalue weighted by Gasteiger charge is 2.29. The van der Waals surface area contributed by atoms with Crippen LogP contribution in [0.3, 0.4) is 0 Å². The minimum absolute atomic E-state index is 0.168. The standard InChI is InChI=1S/C11H16F3N3/c1-7(2)15-6-9-4-8(3)16-10(17-9)5-11(12,13)14/h4,7,15H,5-6H2,1-3H3. The lowest BCUT2D eigenvalue weighted by molar-refractivity contribution is -0.128. The number of hydrogen-bond acceptors (Lipinski definition) is 3. The maximum Gasteiger partial charge on any atom is 0.396 e. The minimum Gasteiger partial charge on any atom is -0.309 e. The zero-order valence-corrected chi connectivity index (χ0v) is 10.1. The molecule has 6 heteroatoms. The highest BCUT2D eigenvalue weighted by molar-refractivity contribution is 5.10. The van der Waals surface area contributed by atoms with Gasteiger partial charge in [-0.2, -0.15) is 13.2 Å². The zero-order valence-electron chi connectivity index (χ0n) is 10.1. The molecule has 0 aliphatic rings. The Labute approximate surface area is 98.5 Å². The largest absolute Gasteiger partial charge is 0.396 e. The molecule has 96 valence electrons. The summed E-state index contributed by atoms with van der Waals surface area (Å²) in [4.78, 5) is 7.68. The van der Waals surface area contributed by atoms with Crippen LogP contribution in [0.1, 0.15) is 31.1 Å². The Bertz CT molecular complexity index is 375. The molecular weight excluding hydrogens is 231 g/mol. The fourth-order valence-corrected chi connectivity index (χ4v) is 1.36. The van der Waals surface area contributed by atoms with Crippen molar-refractivity contribution in [3.8, 4) is 0 Å². The van der Waals surface area contributed by atoms with Crippen LogP contribution in [0.2, 0.25) is 0 Å². The average molecular weight is 247 g/mol. The van der Waals surface area contributed by atoms with E-state index in [0.717, 1.165) is 0 Å². The van der Waals surface area contributed by atoms with Crippen LogP contribution < -0.4 is 5.32 Å². The van der Waals surface area contributed by atoms with Crippen molar-refractivity contribution in [3.63, 3.8) is 0 Å². The van der Waals surface area contributed by atoms with Gasteiger partial charge < -0.3 is 5.32 Å². The number of aromatic nitrogens is 2. The molecule has 1 aromatic rings. The second-order valence-corrected chi connectivity index (χ2v) is 4.24. The molecule has 0 fully saturated rings. The van der Waals surface area contributed by atoms with Gasteiger partial charge in [0.2, 0.25) is 0 Å². The molecule has 0 aliphatic heterocycles. The van der Waals surface area contributed by atoms with E-state index in [9.17, 15) is 13.2 Å². The number of alkyl halides is 3. The summed E-state index contributed by atoms with van der Waals surface area (Å²) in [5.74, 6) is -0.168. The number of nitrogens with one attached hydrogen (secondary N) is 1. The number of rotatable bonds is 4. The topological polar surface area (TPSA) is 37.8 Å². The highest BCUT2D eigenvalue weighted by atomic mass is 19.4. The lowest BCUT2D eigenvalue weighted by Gasteiger charge is -2.10. The van der Waals surface area contributed by atoms with Crippen molar-refractivity contribution in [3.05, 3.63) is 23.3 Å². The third-order valence-electron chi connectivity index (χ3n) is 2.00. The monoisotopic (exact) mass is 247 g/mol. The molecule has 0 bridgehead atoms. The smallest absolute Gasteiger partial charge is 0.309 e. The van der Waals surface area contributed by atoms with Gasteiger partial charge in [-0.25, -0.2) is 9.97 Å². The molecule has 0 unspecified atom stereocenters. The minimum atomic E-state index is -4.27. The number of nitrogens with zero attached hydrogens (tertiary/aromatic N) is 2. The summed E-state index contributed by atoms with van der Waals surface area (Å²) in [5, 5.41) is 3.11. The first-order valence-electron chi connectivity index (χ1n) is 5.40. The third kappa shape index (κ3) is 5.63. The van der Waals surface area contributed by atoms with Crippen LogP contribution in [0.15, 0.2) is 6.07 Å². The van der Waals surface area contributed by atoms with Crippen molar-refractivity contribution >= 4 is 0 Å². The summed E-state index contributed by atoms with van der Waals surface area (Å²) in [6.07, 6.45) is -5.35. The molecule has 0 saturated carbocycles. The van der Waals surface area contributed by atoms with E-state index < -0.39 is 12.6 Å². The van der Waals surface area contributed by atoms with Crippen molar-refractivity contribution in [1.29, 1.82) is 0 Å². The van der Waals surface area contributed by atoms with Crippen LogP contribution in [0.4, 0.5) is 13.2 Å². The van der Waals surface area contributed by atoms with Crippen LogP contribution >= 0.6 is 0 Å². The van der Waals surface area contributed by atoms with E-state index >= 15 is 0 Å². The first-order valence-corrected chi connectivity index (χ1v) is 5.40. The molecule has 0 spiro atoms. The highest BCUT2D eigenvalue weighted by Crippen LogP contribution is 2.19. The van der Waals surface area contributed by atoms with E-state index in [0.29, 0.717) is 17.9 Å². The number of hydrogen-bond donors (Lipinski definition) is 1. The number of halogens is 3. The maximum absolute atomic E-state index is 12.2. The van der Waals surface area contributed by atoms with Gasteiger partial charge in [0.05, 0.1) is 5.69 Å². The van der Waals surface area contributed by atoms with Gasteiger partial charge in [-0.1, -0.05) is 13.8 Å². The van der Waals surface area contributed by atoms with Crippen LogP contribution in [0.25, 0.3) is 0 Å². The normalized spacial score (nSPS) is 12.2. The van der Waals surface area contributed by atoms with Gasteiger partial charge in [-0.05, 0) is 13.0 Å². The Hall–Kier alpha value is -1.17. The molecule has 3 nitrogen and oxygen atoms in total. The molecule has 0 saturated heterocycles. The lowest BCUT2D eigenvalue weighted by atomic mass is 10.3. The van der Waals surface area contributed by atoms with Gasteiger partial charge >= 0.3 is 6.18 Å². The Morgan fingerprint density at radius 3 is 2.47 bits per heavy atom. The molecule has 0 atom stereocenters. The summed E-state index contributed by atoms with van der Waals surface area (Å²) in [7, 11) is 0. The van der Waals surface area contributed by atoms with Crippen LogP contribution in [0, 0.1) is 6.92 Å². The molecule has 1 rings (SSSR count). The molecule has 1 heterocycles. The van der Waals surface area contributed by atoms with E-state index in [1.807, 2.05) is 13.8 Å².